The summed E-state index contributed by atoms with van der Waals surface area (Å²) in [4.78, 5) is 0. The van der Waals surface area contributed by atoms with Gasteiger partial charge in [-0.25, -0.2) is 0 Å². The van der Waals surface area contributed by atoms with E-state index in [-0.39, 0.29) is 0 Å². The maximum absolute atomic E-state index is 6.02. The number of hydrogen-bond acceptors (Lipinski definition) is 5. The molecular weight excluding hydrogens is 316 g/mol. The van der Waals surface area contributed by atoms with Crippen LogP contribution in [-0.4, -0.2) is 50.4 Å². The van der Waals surface area contributed by atoms with Crippen LogP contribution in [0.2, 0.25) is 17.6 Å². The third-order valence-electron chi connectivity index (χ3n) is 4.28. The van der Waals surface area contributed by atoms with Crippen LogP contribution in [0.15, 0.2) is 0 Å². The van der Waals surface area contributed by atoms with Crippen LogP contribution in [0.1, 0.15) is 47.5 Å². The molecule has 0 bridgehead atoms. The van der Waals surface area contributed by atoms with Crippen LogP contribution in [0.25, 0.3) is 0 Å². The SMILES string of the molecule is CCO[Si](C)(OCC)C1CC([Si](OCC)(OCC)OCC)C1. The van der Waals surface area contributed by atoms with Crippen LogP contribution >= 0.6 is 0 Å². The van der Waals surface area contributed by atoms with Crippen LogP contribution in [0.4, 0.5) is 0 Å². The zero-order valence-corrected chi connectivity index (χ0v) is 17.1. The molecule has 5 nitrogen and oxygen atoms in total. The van der Waals surface area contributed by atoms with Crippen molar-refractivity contribution in [3.63, 3.8) is 0 Å². The highest BCUT2D eigenvalue weighted by Crippen LogP contribution is 2.54. The summed E-state index contributed by atoms with van der Waals surface area (Å²) in [6, 6.07) is 0. The smallest absolute Gasteiger partial charge is 0.394 e. The van der Waals surface area contributed by atoms with Gasteiger partial charge in [0.15, 0.2) is 0 Å². The van der Waals surface area contributed by atoms with Crippen molar-refractivity contribution in [2.45, 2.75) is 65.1 Å². The molecule has 132 valence electrons. The predicted octanol–water partition coefficient (Wildman–Crippen LogP) is 3.71. The molecule has 1 aliphatic carbocycles. The second-order valence-electron chi connectivity index (χ2n) is 5.65. The second-order valence-corrected chi connectivity index (χ2v) is 12.0. The average Bonchev–Trinajstić information content (AvgIpc) is 2.38. The van der Waals surface area contributed by atoms with E-state index in [4.69, 9.17) is 22.1 Å². The van der Waals surface area contributed by atoms with Gasteiger partial charge in [0.05, 0.1) is 0 Å². The number of rotatable bonds is 12. The van der Waals surface area contributed by atoms with Gasteiger partial charge in [-0.1, -0.05) is 0 Å². The zero-order chi connectivity index (χ0) is 16.6. The fraction of sp³-hybridized carbons (Fsp3) is 1.00. The first-order chi connectivity index (χ1) is 10.5. The quantitative estimate of drug-likeness (QED) is 0.502. The summed E-state index contributed by atoms with van der Waals surface area (Å²) in [6.07, 6.45) is 2.07. The van der Waals surface area contributed by atoms with Gasteiger partial charge in [0, 0.05) is 44.1 Å². The van der Waals surface area contributed by atoms with E-state index in [1.54, 1.807) is 0 Å². The molecule has 0 radical (unpaired) electrons. The monoisotopic (exact) mass is 350 g/mol. The van der Waals surface area contributed by atoms with E-state index < -0.39 is 17.4 Å². The second kappa shape index (κ2) is 9.51. The highest BCUT2D eigenvalue weighted by atomic mass is 28.4. The minimum absolute atomic E-state index is 0.380. The summed E-state index contributed by atoms with van der Waals surface area (Å²) in [5, 5.41) is 0. The van der Waals surface area contributed by atoms with E-state index in [9.17, 15) is 0 Å². The minimum atomic E-state index is -2.57. The molecule has 0 atom stereocenters. The molecule has 1 fully saturated rings. The lowest BCUT2D eigenvalue weighted by molar-refractivity contribution is 0.0473. The summed E-state index contributed by atoms with van der Waals surface area (Å²) in [5.74, 6) is 0. The first-order valence-electron chi connectivity index (χ1n) is 8.71. The zero-order valence-electron chi connectivity index (χ0n) is 15.1. The van der Waals surface area contributed by atoms with Gasteiger partial charge in [0.1, 0.15) is 0 Å². The van der Waals surface area contributed by atoms with Gasteiger partial charge in [0.25, 0.3) is 0 Å². The molecule has 0 aliphatic heterocycles. The Morgan fingerprint density at radius 1 is 0.636 bits per heavy atom. The van der Waals surface area contributed by atoms with Crippen molar-refractivity contribution in [3.8, 4) is 0 Å². The summed E-state index contributed by atoms with van der Waals surface area (Å²) >= 11 is 0. The van der Waals surface area contributed by atoms with Gasteiger partial charge in [0.2, 0.25) is 0 Å². The van der Waals surface area contributed by atoms with Crippen molar-refractivity contribution in [3.05, 3.63) is 0 Å². The molecule has 0 N–H and O–H groups in total. The van der Waals surface area contributed by atoms with Crippen molar-refractivity contribution in [1.29, 1.82) is 0 Å². The van der Waals surface area contributed by atoms with E-state index in [0.29, 0.717) is 30.9 Å². The topological polar surface area (TPSA) is 46.2 Å². The van der Waals surface area contributed by atoms with E-state index >= 15 is 0 Å². The molecule has 0 spiro atoms. The molecule has 0 saturated heterocycles. The lowest BCUT2D eigenvalue weighted by Gasteiger charge is -2.48. The van der Waals surface area contributed by atoms with Crippen molar-refractivity contribution in [2.24, 2.45) is 0 Å². The van der Waals surface area contributed by atoms with Crippen LogP contribution in [-0.2, 0) is 22.1 Å². The summed E-state index contributed by atoms with van der Waals surface area (Å²) in [7, 11) is -4.67. The molecule has 1 rings (SSSR count). The normalized spacial score (nSPS) is 22.6. The van der Waals surface area contributed by atoms with Gasteiger partial charge >= 0.3 is 17.4 Å². The molecule has 0 unspecified atom stereocenters. The predicted molar refractivity (Wildman–Crippen MR) is 92.2 cm³/mol. The van der Waals surface area contributed by atoms with Gasteiger partial charge in [-0.05, 0) is 54.0 Å². The van der Waals surface area contributed by atoms with Gasteiger partial charge in [-0.15, -0.1) is 0 Å². The lowest BCUT2D eigenvalue weighted by Crippen LogP contribution is -2.57. The molecule has 7 heteroatoms. The van der Waals surface area contributed by atoms with Crippen molar-refractivity contribution in [1.82, 2.24) is 0 Å². The van der Waals surface area contributed by atoms with E-state index in [1.165, 1.54) is 0 Å². The largest absolute Gasteiger partial charge is 0.504 e. The van der Waals surface area contributed by atoms with Gasteiger partial charge < -0.3 is 22.1 Å². The standard InChI is InChI=1S/C15H34O5Si2/c1-7-16-21(6,17-8-2)14-12-15(13-14)22(18-9-3,19-10-4)20-11-5/h14-15H,7-13H2,1-6H3. The highest BCUT2D eigenvalue weighted by molar-refractivity contribution is 6.69. The highest BCUT2D eigenvalue weighted by Gasteiger charge is 2.59. The molecule has 0 amide bonds. The molecule has 22 heavy (non-hydrogen) atoms. The summed E-state index contributed by atoms with van der Waals surface area (Å²) in [6.45, 7) is 15.6. The van der Waals surface area contributed by atoms with Crippen LogP contribution in [0.5, 0.6) is 0 Å². The fourth-order valence-electron chi connectivity index (χ4n) is 3.27. The Morgan fingerprint density at radius 3 is 1.32 bits per heavy atom. The average molecular weight is 351 g/mol. The van der Waals surface area contributed by atoms with Crippen molar-refractivity contribution in [2.75, 3.05) is 33.0 Å². The summed E-state index contributed by atoms with van der Waals surface area (Å²) in [5.41, 5.74) is 0.885. The maximum Gasteiger partial charge on any atom is 0.504 e. The molecule has 1 saturated carbocycles. The third-order valence-corrected chi connectivity index (χ3v) is 11.5. The first kappa shape index (κ1) is 20.3. The van der Waals surface area contributed by atoms with Gasteiger partial charge in [-0.2, -0.15) is 0 Å². The minimum Gasteiger partial charge on any atom is -0.394 e. The van der Waals surface area contributed by atoms with E-state index in [1.807, 2.05) is 34.6 Å². The molecule has 0 heterocycles. The van der Waals surface area contributed by atoms with Gasteiger partial charge in [-0.3, -0.25) is 0 Å². The van der Waals surface area contributed by atoms with Crippen LogP contribution < -0.4 is 0 Å². The molecule has 0 aromatic rings. The Hall–Kier alpha value is 0.234. The Balaban J connectivity index is 2.75. The summed E-state index contributed by atoms with van der Waals surface area (Å²) < 4.78 is 30.1. The van der Waals surface area contributed by atoms with E-state index in [0.717, 1.165) is 26.1 Å². The first-order valence-corrected chi connectivity index (χ1v) is 12.9. The Morgan fingerprint density at radius 2 is 1.00 bits per heavy atom. The van der Waals surface area contributed by atoms with Crippen molar-refractivity contribution >= 4 is 17.4 Å². The molecular formula is C15H34O5Si2. The maximum atomic E-state index is 6.02. The molecule has 0 aromatic heterocycles. The van der Waals surface area contributed by atoms with E-state index in [2.05, 4.69) is 6.55 Å². The molecule has 1 aliphatic rings. The fourth-order valence-corrected chi connectivity index (χ4v) is 10.2. The Labute approximate surface area is 138 Å². The Bertz CT molecular complexity index is 287. The third kappa shape index (κ3) is 4.62. The Kier molecular flexibility index (Phi) is 8.77. The van der Waals surface area contributed by atoms with Crippen LogP contribution in [0, 0.1) is 0 Å². The van der Waals surface area contributed by atoms with Crippen molar-refractivity contribution < 1.29 is 22.1 Å². The lowest BCUT2D eigenvalue weighted by atomic mass is 9.98. The van der Waals surface area contributed by atoms with Crippen LogP contribution in [0.3, 0.4) is 0 Å². The number of hydrogen-bond donors (Lipinski definition) is 0. The molecule has 0 aromatic carbocycles.